The lowest BCUT2D eigenvalue weighted by atomic mass is 10.1. The molecule has 0 fully saturated rings. The van der Waals surface area contributed by atoms with Gasteiger partial charge in [0.2, 0.25) is 0 Å². The summed E-state index contributed by atoms with van der Waals surface area (Å²) in [7, 11) is -3.51. The second-order valence-corrected chi connectivity index (χ2v) is 5.07. The Balaban J connectivity index is 2.72. The molecule has 0 aliphatic carbocycles. The summed E-state index contributed by atoms with van der Waals surface area (Å²) in [6.07, 6.45) is 0.302. The van der Waals surface area contributed by atoms with Crippen molar-refractivity contribution in [2.45, 2.75) is 13.3 Å². The third-order valence-corrected chi connectivity index (χ3v) is 3.23. The first-order chi connectivity index (χ1) is 8.46. The van der Waals surface area contributed by atoms with Gasteiger partial charge in [-0.1, -0.05) is 24.2 Å². The normalized spacial score (nSPS) is 12.4. The molecule has 0 aliphatic heterocycles. The fourth-order valence-electron chi connectivity index (χ4n) is 1.32. The molecule has 0 heterocycles. The largest absolute Gasteiger partial charge is 0.409 e. The van der Waals surface area contributed by atoms with Crippen molar-refractivity contribution < 1.29 is 13.6 Å². The monoisotopic (exact) mass is 272 g/mol. The highest BCUT2D eigenvalue weighted by Gasteiger charge is 2.07. The number of nitrogens with zero attached hydrogens (tertiary/aromatic N) is 1. The van der Waals surface area contributed by atoms with Crippen LogP contribution in [0, 0.1) is 0 Å². The molecule has 0 saturated carbocycles. The van der Waals surface area contributed by atoms with Gasteiger partial charge in [-0.2, -0.15) is 13.1 Å². The van der Waals surface area contributed by atoms with Gasteiger partial charge in [0.1, 0.15) is 5.84 Å². The lowest BCUT2D eigenvalue weighted by Gasteiger charge is -2.08. The number of anilines is 1. The van der Waals surface area contributed by atoms with Gasteiger partial charge in [0.05, 0.1) is 0 Å². The van der Waals surface area contributed by atoms with Crippen LogP contribution in [0.5, 0.6) is 0 Å². The third kappa shape index (κ3) is 4.60. The quantitative estimate of drug-likeness (QED) is 0.257. The SMILES string of the molecule is CCNS(=O)(=O)Nc1ccc(C/C(N)=N/O)cc1. The Kier molecular flexibility index (Phi) is 4.93. The van der Waals surface area contributed by atoms with Crippen molar-refractivity contribution in [3.63, 3.8) is 0 Å². The van der Waals surface area contributed by atoms with Crippen molar-refractivity contribution in [3.05, 3.63) is 29.8 Å². The van der Waals surface area contributed by atoms with E-state index in [1.165, 1.54) is 0 Å². The van der Waals surface area contributed by atoms with Crippen molar-refractivity contribution >= 4 is 21.7 Å². The van der Waals surface area contributed by atoms with E-state index in [0.717, 1.165) is 5.56 Å². The van der Waals surface area contributed by atoms with Gasteiger partial charge in [0.25, 0.3) is 10.2 Å². The summed E-state index contributed by atoms with van der Waals surface area (Å²) in [6, 6.07) is 6.60. The Morgan fingerprint density at radius 2 is 2.00 bits per heavy atom. The van der Waals surface area contributed by atoms with E-state index in [4.69, 9.17) is 10.9 Å². The van der Waals surface area contributed by atoms with Gasteiger partial charge in [-0.15, -0.1) is 0 Å². The molecule has 0 aromatic heterocycles. The fourth-order valence-corrected chi connectivity index (χ4v) is 2.21. The molecule has 1 aromatic carbocycles. The summed E-state index contributed by atoms with van der Waals surface area (Å²) < 4.78 is 27.5. The van der Waals surface area contributed by atoms with E-state index < -0.39 is 10.2 Å². The summed E-state index contributed by atoms with van der Waals surface area (Å²) in [5.41, 5.74) is 6.62. The number of benzene rings is 1. The van der Waals surface area contributed by atoms with E-state index in [1.54, 1.807) is 31.2 Å². The zero-order chi connectivity index (χ0) is 13.6. The molecule has 1 aromatic rings. The molecule has 1 rings (SSSR count). The predicted molar refractivity (Wildman–Crippen MR) is 69.8 cm³/mol. The zero-order valence-corrected chi connectivity index (χ0v) is 10.7. The number of nitrogens with one attached hydrogen (secondary N) is 2. The Hall–Kier alpha value is -1.80. The average molecular weight is 272 g/mol. The van der Waals surface area contributed by atoms with Crippen LogP contribution >= 0.6 is 0 Å². The van der Waals surface area contributed by atoms with Gasteiger partial charge in [-0.3, -0.25) is 4.72 Å². The number of oxime groups is 1. The van der Waals surface area contributed by atoms with Crippen LogP contribution in [0.4, 0.5) is 5.69 Å². The van der Waals surface area contributed by atoms with Crippen molar-refractivity contribution in [1.29, 1.82) is 0 Å². The summed E-state index contributed by atoms with van der Waals surface area (Å²) >= 11 is 0. The predicted octanol–water partition coefficient (Wildman–Crippen LogP) is 0.242. The summed E-state index contributed by atoms with van der Waals surface area (Å²) in [4.78, 5) is 0. The van der Waals surface area contributed by atoms with Gasteiger partial charge in [-0.25, -0.2) is 0 Å². The number of hydrogen-bond donors (Lipinski definition) is 4. The van der Waals surface area contributed by atoms with E-state index in [0.29, 0.717) is 18.7 Å². The standard InChI is InChI=1S/C10H16N4O3S/c1-2-12-18(16,17)14-9-5-3-8(4-6-9)7-10(11)13-15/h3-6,12,14-15H,2,7H2,1H3,(H2,11,13). The number of nitrogens with two attached hydrogens (primary N) is 1. The highest BCUT2D eigenvalue weighted by atomic mass is 32.2. The highest BCUT2D eigenvalue weighted by molar-refractivity contribution is 7.90. The van der Waals surface area contributed by atoms with E-state index >= 15 is 0 Å². The molecule has 18 heavy (non-hydrogen) atoms. The second kappa shape index (κ2) is 6.22. The lowest BCUT2D eigenvalue weighted by molar-refractivity contribution is 0.317. The smallest absolute Gasteiger partial charge is 0.299 e. The Bertz CT molecular complexity index is 510. The minimum atomic E-state index is -3.51. The van der Waals surface area contributed by atoms with Gasteiger partial charge in [0, 0.05) is 18.7 Å². The first kappa shape index (κ1) is 14.3. The summed E-state index contributed by atoms with van der Waals surface area (Å²) in [5.74, 6) is 0.0935. The molecule has 0 spiro atoms. The van der Waals surface area contributed by atoms with Gasteiger partial charge in [-0.05, 0) is 17.7 Å². The first-order valence-corrected chi connectivity index (χ1v) is 6.78. The molecule has 8 heteroatoms. The molecule has 0 amide bonds. The molecule has 0 atom stereocenters. The minimum absolute atomic E-state index is 0.0935. The van der Waals surface area contributed by atoms with E-state index in [1.807, 2.05) is 0 Å². The Morgan fingerprint density at radius 3 is 2.50 bits per heavy atom. The third-order valence-electron chi connectivity index (χ3n) is 2.05. The molecule has 5 N–H and O–H groups in total. The average Bonchev–Trinajstić information content (AvgIpc) is 2.31. The topological polar surface area (TPSA) is 117 Å². The highest BCUT2D eigenvalue weighted by Crippen LogP contribution is 2.11. The molecule has 0 bridgehead atoms. The van der Waals surface area contributed by atoms with Crippen LogP contribution in [-0.2, 0) is 16.6 Å². The van der Waals surface area contributed by atoms with Crippen LogP contribution in [-0.4, -0.2) is 26.0 Å². The maximum atomic E-state index is 11.4. The Morgan fingerprint density at radius 1 is 1.39 bits per heavy atom. The van der Waals surface area contributed by atoms with Crippen molar-refractivity contribution in [2.75, 3.05) is 11.3 Å². The summed E-state index contributed by atoms with van der Waals surface area (Å²) in [6.45, 7) is 2.01. The maximum Gasteiger partial charge on any atom is 0.299 e. The fraction of sp³-hybridized carbons (Fsp3) is 0.300. The van der Waals surface area contributed by atoms with Gasteiger partial charge >= 0.3 is 0 Å². The minimum Gasteiger partial charge on any atom is -0.409 e. The number of rotatable bonds is 6. The first-order valence-electron chi connectivity index (χ1n) is 5.29. The number of amidine groups is 1. The van der Waals surface area contributed by atoms with Crippen LogP contribution in [0.15, 0.2) is 29.4 Å². The molecule has 100 valence electrons. The van der Waals surface area contributed by atoms with Gasteiger partial charge < -0.3 is 10.9 Å². The number of hydrogen-bond acceptors (Lipinski definition) is 4. The van der Waals surface area contributed by atoms with Crippen LogP contribution in [0.1, 0.15) is 12.5 Å². The van der Waals surface area contributed by atoms with E-state index in [2.05, 4.69) is 14.6 Å². The van der Waals surface area contributed by atoms with Gasteiger partial charge in [0.15, 0.2) is 0 Å². The van der Waals surface area contributed by atoms with E-state index in [-0.39, 0.29) is 5.84 Å². The van der Waals surface area contributed by atoms with Crippen LogP contribution in [0.3, 0.4) is 0 Å². The Labute approximate surface area is 106 Å². The molecule has 0 aliphatic rings. The lowest BCUT2D eigenvalue weighted by Crippen LogP contribution is -2.29. The maximum absolute atomic E-state index is 11.4. The van der Waals surface area contributed by atoms with Crippen molar-refractivity contribution in [1.82, 2.24) is 4.72 Å². The molecule has 0 radical (unpaired) electrons. The molecule has 7 nitrogen and oxygen atoms in total. The molecular formula is C10H16N4O3S. The molecule has 0 saturated heterocycles. The molecular weight excluding hydrogens is 256 g/mol. The van der Waals surface area contributed by atoms with Crippen LogP contribution in [0.2, 0.25) is 0 Å². The van der Waals surface area contributed by atoms with Crippen molar-refractivity contribution in [3.8, 4) is 0 Å². The van der Waals surface area contributed by atoms with Crippen molar-refractivity contribution in [2.24, 2.45) is 10.9 Å². The summed E-state index contributed by atoms with van der Waals surface area (Å²) in [5, 5.41) is 11.3. The second-order valence-electron chi connectivity index (χ2n) is 3.57. The zero-order valence-electron chi connectivity index (χ0n) is 9.92. The molecule has 0 unspecified atom stereocenters. The van der Waals surface area contributed by atoms with E-state index in [9.17, 15) is 8.42 Å². The van der Waals surface area contributed by atoms with Crippen LogP contribution < -0.4 is 15.2 Å². The van der Waals surface area contributed by atoms with Crippen LogP contribution in [0.25, 0.3) is 0 Å².